The highest BCUT2D eigenvalue weighted by Crippen LogP contribution is 2.23. The molecule has 2 unspecified atom stereocenters. The quantitative estimate of drug-likeness (QED) is 0.757. The van der Waals surface area contributed by atoms with Gasteiger partial charge in [0.1, 0.15) is 11.9 Å². The Morgan fingerprint density at radius 3 is 2.68 bits per heavy atom. The number of thioether (sulfide) groups is 1. The molecule has 0 aliphatic rings. The van der Waals surface area contributed by atoms with Gasteiger partial charge in [0.25, 0.3) is 0 Å². The van der Waals surface area contributed by atoms with Gasteiger partial charge in [0.2, 0.25) is 5.76 Å². The van der Waals surface area contributed by atoms with Crippen molar-refractivity contribution in [2.24, 2.45) is 0 Å². The van der Waals surface area contributed by atoms with E-state index in [4.69, 9.17) is 4.42 Å². The Morgan fingerprint density at radius 2 is 2.11 bits per heavy atom. The highest BCUT2D eigenvalue weighted by atomic mass is 32.2. The van der Waals surface area contributed by atoms with Crippen molar-refractivity contribution in [3.63, 3.8) is 0 Å². The van der Waals surface area contributed by atoms with E-state index in [2.05, 4.69) is 4.74 Å². The fraction of sp³-hybridized carbons (Fsp3) is 0.500. The highest BCUT2D eigenvalue weighted by Gasteiger charge is 2.23. The van der Waals surface area contributed by atoms with Crippen LogP contribution in [0.15, 0.2) is 16.5 Å². The second-order valence-corrected chi connectivity index (χ2v) is 5.11. The first-order valence-corrected chi connectivity index (χ1v) is 6.61. The topological polar surface area (TPSA) is 97.0 Å². The van der Waals surface area contributed by atoms with E-state index in [-0.39, 0.29) is 23.1 Å². The lowest BCUT2D eigenvalue weighted by Gasteiger charge is -2.15. The van der Waals surface area contributed by atoms with Crippen molar-refractivity contribution in [3.05, 3.63) is 23.7 Å². The molecule has 0 aliphatic carbocycles. The van der Waals surface area contributed by atoms with Gasteiger partial charge in [-0.3, -0.25) is 4.79 Å². The summed E-state index contributed by atoms with van der Waals surface area (Å²) in [4.78, 5) is 21.9. The molecule has 6 nitrogen and oxygen atoms in total. The van der Waals surface area contributed by atoms with Crippen LogP contribution in [0.25, 0.3) is 0 Å². The number of hydrogen-bond acceptors (Lipinski definition) is 7. The predicted molar refractivity (Wildman–Crippen MR) is 68.8 cm³/mol. The molecule has 0 spiro atoms. The molecule has 0 radical (unpaired) electrons. The highest BCUT2D eigenvalue weighted by molar-refractivity contribution is 8.13. The maximum atomic E-state index is 11.2. The number of esters is 1. The normalized spacial score (nSPS) is 13.9. The van der Waals surface area contributed by atoms with E-state index >= 15 is 0 Å². The van der Waals surface area contributed by atoms with Gasteiger partial charge in [0.15, 0.2) is 5.12 Å². The number of carbonyl (C=O) groups is 2. The van der Waals surface area contributed by atoms with E-state index in [1.807, 2.05) is 0 Å². The number of rotatable bonds is 6. The van der Waals surface area contributed by atoms with Crippen LogP contribution < -0.4 is 0 Å². The molecule has 0 amide bonds. The van der Waals surface area contributed by atoms with Crippen molar-refractivity contribution in [1.29, 1.82) is 0 Å². The number of carbonyl (C=O) groups excluding carboxylic acids is 2. The Labute approximate surface area is 114 Å². The first kappa shape index (κ1) is 15.7. The number of aliphatic hydroxyl groups excluding tert-OH is 2. The second-order valence-electron chi connectivity index (χ2n) is 3.83. The van der Waals surface area contributed by atoms with E-state index in [0.29, 0.717) is 5.75 Å². The number of ether oxygens (including phenoxy) is 1. The zero-order chi connectivity index (χ0) is 14.4. The van der Waals surface area contributed by atoms with Crippen molar-refractivity contribution >= 4 is 22.8 Å². The number of methoxy groups -OCH3 is 1. The Hall–Kier alpha value is -1.31. The fourth-order valence-corrected chi connectivity index (χ4v) is 2.04. The molecular weight excluding hydrogens is 272 g/mol. The average molecular weight is 288 g/mol. The number of aliphatic hydroxyl groups is 2. The van der Waals surface area contributed by atoms with Gasteiger partial charge in [-0.15, -0.1) is 0 Å². The third kappa shape index (κ3) is 4.70. The van der Waals surface area contributed by atoms with Gasteiger partial charge in [-0.25, -0.2) is 4.79 Å². The van der Waals surface area contributed by atoms with Gasteiger partial charge in [-0.05, 0) is 18.6 Å². The SMILES string of the molecule is COC(=O)c1ccc(C(O)C(O)CCSC(C)=O)o1. The molecule has 1 aromatic rings. The van der Waals surface area contributed by atoms with Crippen molar-refractivity contribution < 1.29 is 29.0 Å². The minimum Gasteiger partial charge on any atom is -0.463 e. The zero-order valence-electron chi connectivity index (χ0n) is 10.7. The average Bonchev–Trinajstić information content (AvgIpc) is 2.85. The van der Waals surface area contributed by atoms with E-state index in [1.54, 1.807) is 0 Å². The molecule has 0 aromatic carbocycles. The molecule has 0 fully saturated rings. The Morgan fingerprint density at radius 1 is 1.42 bits per heavy atom. The van der Waals surface area contributed by atoms with Crippen LogP contribution in [0.5, 0.6) is 0 Å². The summed E-state index contributed by atoms with van der Waals surface area (Å²) in [6.07, 6.45) is -2.07. The summed E-state index contributed by atoms with van der Waals surface area (Å²) < 4.78 is 9.55. The largest absolute Gasteiger partial charge is 0.463 e. The molecular formula is C12H16O6S. The van der Waals surface area contributed by atoms with Crippen LogP contribution in [0.3, 0.4) is 0 Å². The lowest BCUT2D eigenvalue weighted by Crippen LogP contribution is -2.18. The van der Waals surface area contributed by atoms with Gasteiger partial charge in [0, 0.05) is 12.7 Å². The second kappa shape index (κ2) is 7.32. The smallest absolute Gasteiger partial charge is 0.373 e. The van der Waals surface area contributed by atoms with Crippen LogP contribution in [0.4, 0.5) is 0 Å². The summed E-state index contributed by atoms with van der Waals surface area (Å²) in [5.74, 6) is -0.208. The van der Waals surface area contributed by atoms with Crippen molar-refractivity contribution in [2.75, 3.05) is 12.9 Å². The van der Waals surface area contributed by atoms with E-state index in [9.17, 15) is 19.8 Å². The minimum absolute atomic E-state index is 0.0399. The number of hydrogen-bond donors (Lipinski definition) is 2. The van der Waals surface area contributed by atoms with Gasteiger partial charge < -0.3 is 19.4 Å². The molecule has 0 aliphatic heterocycles. The summed E-state index contributed by atoms with van der Waals surface area (Å²) in [7, 11) is 1.22. The molecule has 0 saturated carbocycles. The Balaban J connectivity index is 2.56. The van der Waals surface area contributed by atoms with Gasteiger partial charge in [-0.1, -0.05) is 11.8 Å². The number of furan rings is 1. The maximum Gasteiger partial charge on any atom is 0.373 e. The molecule has 1 heterocycles. The summed E-state index contributed by atoms with van der Waals surface area (Å²) in [6, 6.07) is 2.76. The standard InChI is InChI=1S/C12H16O6S/c1-7(13)19-6-5-8(14)11(15)9-3-4-10(18-9)12(16)17-2/h3-4,8,11,14-15H,5-6H2,1-2H3. The summed E-state index contributed by atoms with van der Waals surface area (Å²) in [6.45, 7) is 1.43. The van der Waals surface area contributed by atoms with Crippen molar-refractivity contribution in [3.8, 4) is 0 Å². The minimum atomic E-state index is -1.24. The van der Waals surface area contributed by atoms with Crippen molar-refractivity contribution in [2.45, 2.75) is 25.6 Å². The van der Waals surface area contributed by atoms with Crippen molar-refractivity contribution in [1.82, 2.24) is 0 Å². The molecule has 0 saturated heterocycles. The Bertz CT molecular complexity index is 441. The van der Waals surface area contributed by atoms with Gasteiger partial charge in [0.05, 0.1) is 13.2 Å². The van der Waals surface area contributed by atoms with Gasteiger partial charge >= 0.3 is 5.97 Å². The molecule has 1 aromatic heterocycles. The van der Waals surface area contributed by atoms with E-state index < -0.39 is 18.2 Å². The third-order valence-corrected chi connectivity index (χ3v) is 3.23. The first-order chi connectivity index (χ1) is 8.95. The zero-order valence-corrected chi connectivity index (χ0v) is 11.5. The van der Waals surface area contributed by atoms with Crippen LogP contribution in [0, 0.1) is 0 Å². The third-order valence-electron chi connectivity index (χ3n) is 2.39. The van der Waals surface area contributed by atoms with Crippen LogP contribution in [-0.2, 0) is 9.53 Å². The Kier molecular flexibility index (Phi) is 6.07. The van der Waals surface area contributed by atoms with Crippen LogP contribution in [-0.4, -0.2) is 40.3 Å². The molecule has 106 valence electrons. The molecule has 0 bridgehead atoms. The monoisotopic (exact) mass is 288 g/mol. The van der Waals surface area contributed by atoms with Crippen LogP contribution >= 0.6 is 11.8 Å². The van der Waals surface area contributed by atoms with Crippen LogP contribution in [0.1, 0.15) is 35.8 Å². The lowest BCUT2D eigenvalue weighted by atomic mass is 10.1. The molecule has 2 N–H and O–H groups in total. The summed E-state index contributed by atoms with van der Waals surface area (Å²) in [5, 5.41) is 19.5. The molecule has 7 heteroatoms. The van der Waals surface area contributed by atoms with Gasteiger partial charge in [-0.2, -0.15) is 0 Å². The maximum absolute atomic E-state index is 11.2. The molecule has 2 atom stereocenters. The fourth-order valence-electron chi connectivity index (χ4n) is 1.39. The van der Waals surface area contributed by atoms with Crippen LogP contribution in [0.2, 0.25) is 0 Å². The molecule has 19 heavy (non-hydrogen) atoms. The van der Waals surface area contributed by atoms with E-state index in [1.165, 1.54) is 26.2 Å². The molecule has 1 rings (SSSR count). The summed E-state index contributed by atoms with van der Waals surface area (Å²) in [5.41, 5.74) is 0. The summed E-state index contributed by atoms with van der Waals surface area (Å²) >= 11 is 1.07. The first-order valence-electron chi connectivity index (χ1n) is 5.63. The lowest BCUT2D eigenvalue weighted by molar-refractivity contribution is -0.109. The predicted octanol–water partition coefficient (Wildman–Crippen LogP) is 1.13. The van der Waals surface area contributed by atoms with E-state index in [0.717, 1.165) is 11.8 Å².